The van der Waals surface area contributed by atoms with Gasteiger partial charge in [0.15, 0.2) is 5.78 Å². The van der Waals surface area contributed by atoms with E-state index in [1.807, 2.05) is 13.8 Å². The lowest BCUT2D eigenvalue weighted by Crippen LogP contribution is -2.43. The fourth-order valence-electron chi connectivity index (χ4n) is 4.00. The van der Waals surface area contributed by atoms with Crippen molar-refractivity contribution >= 4 is 11.7 Å². The second-order valence-corrected chi connectivity index (χ2v) is 7.97. The lowest BCUT2D eigenvalue weighted by Gasteiger charge is -2.32. The molecule has 6 nitrogen and oxygen atoms in total. The molecule has 0 radical (unpaired) electrons. The number of carbonyl (C=O) groups excluding carboxylic acids is 2. The topological polar surface area (TPSA) is 68.4 Å². The maximum Gasteiger partial charge on any atom is 0.268 e. The molecule has 3 rings (SSSR count). The monoisotopic (exact) mass is 396 g/mol. The number of hydrogen-bond acceptors (Lipinski definition) is 4. The van der Waals surface area contributed by atoms with Crippen LogP contribution >= 0.6 is 0 Å². The first-order chi connectivity index (χ1) is 13.9. The second kappa shape index (κ2) is 9.37. The molecule has 1 fully saturated rings. The summed E-state index contributed by atoms with van der Waals surface area (Å²) in [6.45, 7) is 11.2. The summed E-state index contributed by atoms with van der Waals surface area (Å²) in [7, 11) is 2.17. The molecule has 1 saturated heterocycles. The lowest BCUT2D eigenvalue weighted by molar-refractivity contribution is 0.0945. The third-order valence-corrected chi connectivity index (χ3v) is 5.70. The van der Waals surface area contributed by atoms with Crippen molar-refractivity contribution in [3.8, 4) is 0 Å². The average molecular weight is 397 g/mol. The number of benzene rings is 1. The molecule has 1 aromatic heterocycles. The van der Waals surface area contributed by atoms with Gasteiger partial charge in [-0.3, -0.25) is 14.5 Å². The Hall–Kier alpha value is -2.44. The molecule has 1 aliphatic rings. The number of carbonyl (C=O) groups is 2. The molecule has 156 valence electrons. The molecular weight excluding hydrogens is 364 g/mol. The van der Waals surface area contributed by atoms with Crippen LogP contribution in [0.5, 0.6) is 0 Å². The number of Topliss-reactive ketones (excluding diaryl/α,β-unsaturated/α-hetero) is 1. The molecule has 1 aliphatic heterocycles. The van der Waals surface area contributed by atoms with Gasteiger partial charge in [0, 0.05) is 50.5 Å². The summed E-state index contributed by atoms with van der Waals surface area (Å²) in [6, 6.07) is 8.44. The highest BCUT2D eigenvalue weighted by atomic mass is 16.2. The van der Waals surface area contributed by atoms with Gasteiger partial charge in [0.2, 0.25) is 0 Å². The number of hydrogen-bond donors (Lipinski definition) is 2. The second-order valence-electron chi connectivity index (χ2n) is 7.97. The Morgan fingerprint density at radius 2 is 1.69 bits per heavy atom. The van der Waals surface area contributed by atoms with Crippen molar-refractivity contribution in [3.05, 3.63) is 57.9 Å². The van der Waals surface area contributed by atoms with Gasteiger partial charge in [0.05, 0.1) is 0 Å². The summed E-state index contributed by atoms with van der Waals surface area (Å²) >= 11 is 0. The number of aromatic amines is 1. The molecule has 1 amide bonds. The molecule has 0 aliphatic carbocycles. The Kier molecular flexibility index (Phi) is 6.87. The van der Waals surface area contributed by atoms with E-state index >= 15 is 0 Å². The third kappa shape index (κ3) is 5.14. The Morgan fingerprint density at radius 1 is 1.07 bits per heavy atom. The summed E-state index contributed by atoms with van der Waals surface area (Å²) in [5.74, 6) is -0.176. The molecule has 29 heavy (non-hydrogen) atoms. The smallest absolute Gasteiger partial charge is 0.268 e. The van der Waals surface area contributed by atoms with Crippen molar-refractivity contribution in [3.63, 3.8) is 0 Å². The summed E-state index contributed by atoms with van der Waals surface area (Å²) in [6.07, 6.45) is 0.642. The summed E-state index contributed by atoms with van der Waals surface area (Å²) in [5.41, 5.74) is 5.06. The lowest BCUT2D eigenvalue weighted by atomic mass is 10.0. The van der Waals surface area contributed by atoms with E-state index in [2.05, 4.69) is 51.4 Å². The van der Waals surface area contributed by atoms with Crippen LogP contribution in [-0.4, -0.2) is 59.7 Å². The van der Waals surface area contributed by atoms with Crippen molar-refractivity contribution in [1.82, 2.24) is 20.1 Å². The van der Waals surface area contributed by atoms with Crippen molar-refractivity contribution in [1.29, 1.82) is 0 Å². The highest BCUT2D eigenvalue weighted by Gasteiger charge is 2.21. The Labute approximate surface area is 173 Å². The van der Waals surface area contributed by atoms with Gasteiger partial charge in [0.1, 0.15) is 5.69 Å². The summed E-state index contributed by atoms with van der Waals surface area (Å²) < 4.78 is 0. The van der Waals surface area contributed by atoms with E-state index < -0.39 is 0 Å². The van der Waals surface area contributed by atoms with Gasteiger partial charge in [-0.1, -0.05) is 31.2 Å². The highest BCUT2D eigenvalue weighted by molar-refractivity contribution is 6.02. The van der Waals surface area contributed by atoms with Crippen LogP contribution in [0.1, 0.15) is 57.1 Å². The largest absolute Gasteiger partial charge is 0.354 e. The van der Waals surface area contributed by atoms with E-state index in [9.17, 15) is 9.59 Å². The Morgan fingerprint density at radius 3 is 2.28 bits per heavy atom. The predicted molar refractivity (Wildman–Crippen MR) is 115 cm³/mol. The van der Waals surface area contributed by atoms with Gasteiger partial charge in [-0.25, -0.2) is 0 Å². The van der Waals surface area contributed by atoms with E-state index in [0.717, 1.165) is 49.5 Å². The molecule has 6 heteroatoms. The first kappa shape index (κ1) is 21.3. The van der Waals surface area contributed by atoms with Crippen LogP contribution in [0, 0.1) is 6.92 Å². The van der Waals surface area contributed by atoms with Crippen LogP contribution in [0.25, 0.3) is 0 Å². The van der Waals surface area contributed by atoms with Gasteiger partial charge in [-0.2, -0.15) is 0 Å². The Bertz CT molecular complexity index is 862. The molecule has 0 bridgehead atoms. The minimum Gasteiger partial charge on any atom is -0.354 e. The van der Waals surface area contributed by atoms with E-state index in [1.54, 1.807) is 6.92 Å². The first-order valence-corrected chi connectivity index (χ1v) is 10.4. The van der Waals surface area contributed by atoms with E-state index in [4.69, 9.17) is 0 Å². The number of nitrogens with one attached hydrogen (secondary N) is 2. The number of ketones is 1. The fraction of sp³-hybridized carbons (Fsp3) is 0.478. The van der Waals surface area contributed by atoms with Crippen LogP contribution in [0.3, 0.4) is 0 Å². The molecular formula is C23H32N4O2. The molecule has 0 atom stereocenters. The number of H-pyrrole nitrogens is 1. The van der Waals surface area contributed by atoms with Crippen molar-refractivity contribution in [2.45, 2.75) is 40.3 Å². The molecule has 2 heterocycles. The van der Waals surface area contributed by atoms with Gasteiger partial charge >= 0.3 is 0 Å². The maximum atomic E-state index is 12.7. The van der Waals surface area contributed by atoms with E-state index in [1.165, 1.54) is 5.56 Å². The van der Waals surface area contributed by atoms with Crippen molar-refractivity contribution in [2.75, 3.05) is 33.2 Å². The number of aromatic nitrogens is 1. The molecule has 1 aromatic carbocycles. The number of piperazine rings is 1. The quantitative estimate of drug-likeness (QED) is 0.706. The van der Waals surface area contributed by atoms with Crippen LogP contribution in [-0.2, 0) is 19.5 Å². The predicted octanol–water partition coefficient (Wildman–Crippen LogP) is 2.77. The van der Waals surface area contributed by atoms with E-state index in [0.29, 0.717) is 24.2 Å². The van der Waals surface area contributed by atoms with Gasteiger partial charge in [0.25, 0.3) is 5.91 Å². The number of aryl methyl sites for hydroxylation is 1. The number of amides is 1. The van der Waals surface area contributed by atoms with Crippen LogP contribution in [0.2, 0.25) is 0 Å². The molecule has 0 unspecified atom stereocenters. The summed E-state index contributed by atoms with van der Waals surface area (Å²) in [5, 5.41) is 2.98. The van der Waals surface area contributed by atoms with Crippen LogP contribution < -0.4 is 5.32 Å². The normalized spacial score (nSPS) is 15.4. The molecule has 2 N–H and O–H groups in total. The standard InChI is InChI=1S/C23H32N4O2/c1-5-20-21(17(3)28)16(2)25-22(20)23(29)24-14-18-6-8-19(9-7-18)15-27-12-10-26(4)11-13-27/h6-9,25H,5,10-15H2,1-4H3,(H,24,29). The van der Waals surface area contributed by atoms with Gasteiger partial charge in [-0.05, 0) is 44.0 Å². The zero-order valence-corrected chi connectivity index (χ0v) is 18.0. The molecule has 0 spiro atoms. The van der Waals surface area contributed by atoms with Crippen molar-refractivity contribution in [2.24, 2.45) is 0 Å². The first-order valence-electron chi connectivity index (χ1n) is 10.4. The van der Waals surface area contributed by atoms with Crippen LogP contribution in [0.4, 0.5) is 0 Å². The molecule has 0 saturated carbocycles. The number of nitrogens with zero attached hydrogens (tertiary/aromatic N) is 2. The number of likely N-dealkylation sites (N-methyl/N-ethyl adjacent to an activating group) is 1. The minimum absolute atomic E-state index is 0.00871. The van der Waals surface area contributed by atoms with Gasteiger partial charge in [-0.15, -0.1) is 0 Å². The molecule has 2 aromatic rings. The summed E-state index contributed by atoms with van der Waals surface area (Å²) in [4.78, 5) is 32.5. The fourth-order valence-corrected chi connectivity index (χ4v) is 4.00. The number of rotatable bonds is 7. The van der Waals surface area contributed by atoms with E-state index in [-0.39, 0.29) is 11.7 Å². The van der Waals surface area contributed by atoms with Crippen LogP contribution in [0.15, 0.2) is 24.3 Å². The average Bonchev–Trinajstić information content (AvgIpc) is 3.05. The van der Waals surface area contributed by atoms with Gasteiger partial charge < -0.3 is 15.2 Å². The third-order valence-electron chi connectivity index (χ3n) is 5.70. The zero-order chi connectivity index (χ0) is 21.0. The minimum atomic E-state index is -0.168. The maximum absolute atomic E-state index is 12.7. The SMILES string of the molecule is CCc1c(C(=O)NCc2ccc(CN3CCN(C)CC3)cc2)[nH]c(C)c1C(C)=O. The highest BCUT2D eigenvalue weighted by Crippen LogP contribution is 2.20. The zero-order valence-electron chi connectivity index (χ0n) is 18.0. The Balaban J connectivity index is 1.58. The van der Waals surface area contributed by atoms with Crippen molar-refractivity contribution < 1.29 is 9.59 Å².